The van der Waals surface area contributed by atoms with Crippen molar-refractivity contribution < 1.29 is 9.53 Å². The average Bonchev–Trinajstić information content (AvgIpc) is 2.20. The molecule has 0 aromatic carbocycles. The molecule has 1 unspecified atom stereocenters. The second-order valence-electron chi connectivity index (χ2n) is 6.65. The molecular formula is C14H28N2O2. The van der Waals surface area contributed by atoms with Gasteiger partial charge in [-0.05, 0) is 47.0 Å². The maximum atomic E-state index is 11.6. The van der Waals surface area contributed by atoms with Crippen molar-refractivity contribution in [2.24, 2.45) is 0 Å². The molecule has 0 aromatic heterocycles. The van der Waals surface area contributed by atoms with Gasteiger partial charge < -0.3 is 15.4 Å². The highest BCUT2D eigenvalue weighted by atomic mass is 16.5. The Labute approximate surface area is 111 Å². The zero-order valence-corrected chi connectivity index (χ0v) is 12.6. The Hall–Kier alpha value is -0.610. The lowest BCUT2D eigenvalue weighted by molar-refractivity contribution is -0.143. The Morgan fingerprint density at radius 2 is 1.83 bits per heavy atom. The number of carbonyl (C=O) groups excluding carboxylic acids is 1. The Kier molecular flexibility index (Phi) is 4.78. The first-order valence-electron chi connectivity index (χ1n) is 6.82. The number of nitrogens with one attached hydrogen (secondary N) is 2. The second kappa shape index (κ2) is 5.57. The van der Waals surface area contributed by atoms with Gasteiger partial charge in [-0.3, -0.25) is 4.79 Å². The first-order chi connectivity index (χ1) is 8.19. The van der Waals surface area contributed by atoms with Crippen LogP contribution in [0.3, 0.4) is 0 Å². The summed E-state index contributed by atoms with van der Waals surface area (Å²) in [7, 11) is 1.45. The predicted octanol–water partition coefficient (Wildman–Crippen LogP) is 1.84. The highest BCUT2D eigenvalue weighted by molar-refractivity contribution is 5.75. The minimum absolute atomic E-state index is 0.0911. The van der Waals surface area contributed by atoms with Crippen LogP contribution >= 0.6 is 0 Å². The summed E-state index contributed by atoms with van der Waals surface area (Å²) in [4.78, 5) is 11.6. The van der Waals surface area contributed by atoms with Gasteiger partial charge in [0.2, 0.25) is 0 Å². The van der Waals surface area contributed by atoms with Crippen LogP contribution in [0.4, 0.5) is 0 Å². The van der Waals surface area contributed by atoms with Crippen molar-refractivity contribution in [1.82, 2.24) is 10.6 Å². The van der Waals surface area contributed by atoms with Gasteiger partial charge in [-0.2, -0.15) is 0 Å². The van der Waals surface area contributed by atoms with Crippen LogP contribution < -0.4 is 10.6 Å². The Balaban J connectivity index is 2.68. The summed E-state index contributed by atoms with van der Waals surface area (Å²) in [5.41, 5.74) is 0.182. The van der Waals surface area contributed by atoms with E-state index in [-0.39, 0.29) is 23.1 Å². The van der Waals surface area contributed by atoms with E-state index in [0.717, 1.165) is 19.3 Å². The number of ether oxygens (including phenoxy) is 1. The van der Waals surface area contributed by atoms with Gasteiger partial charge in [0.1, 0.15) is 6.04 Å². The maximum absolute atomic E-state index is 11.6. The summed E-state index contributed by atoms with van der Waals surface area (Å²) < 4.78 is 4.83. The minimum atomic E-state index is -0.190. The van der Waals surface area contributed by atoms with E-state index in [1.807, 2.05) is 6.92 Å². The molecule has 1 fully saturated rings. The molecule has 1 atom stereocenters. The quantitative estimate of drug-likeness (QED) is 0.754. The molecule has 106 valence electrons. The molecule has 1 saturated heterocycles. The first-order valence-corrected chi connectivity index (χ1v) is 6.82. The number of esters is 1. The van der Waals surface area contributed by atoms with Crippen LogP contribution in [-0.2, 0) is 9.53 Å². The topological polar surface area (TPSA) is 50.4 Å². The van der Waals surface area contributed by atoms with Gasteiger partial charge in [0, 0.05) is 17.1 Å². The lowest BCUT2D eigenvalue weighted by Crippen LogP contribution is -2.63. The number of hydrogen-bond donors (Lipinski definition) is 2. The Bertz CT molecular complexity index is 284. The molecule has 0 bridgehead atoms. The van der Waals surface area contributed by atoms with Crippen LogP contribution in [0.5, 0.6) is 0 Å². The van der Waals surface area contributed by atoms with Crippen LogP contribution in [-0.4, -0.2) is 36.2 Å². The van der Waals surface area contributed by atoms with Gasteiger partial charge in [0.25, 0.3) is 0 Å². The Morgan fingerprint density at radius 3 is 2.22 bits per heavy atom. The molecule has 1 rings (SSSR count). The van der Waals surface area contributed by atoms with E-state index in [1.165, 1.54) is 7.11 Å². The SMILES string of the molecule is CCC(NC1CC(C)(C)NC(C)(C)C1)C(=O)OC. The molecule has 1 aliphatic rings. The number of carbonyl (C=O) groups is 1. The standard InChI is InChI=1S/C14H28N2O2/c1-7-11(12(17)18-6)15-10-8-13(2,3)16-14(4,5)9-10/h10-11,15-16H,7-9H2,1-6H3. The van der Waals surface area contributed by atoms with E-state index in [4.69, 9.17) is 4.74 Å². The van der Waals surface area contributed by atoms with Crippen LogP contribution in [0.2, 0.25) is 0 Å². The summed E-state index contributed by atoms with van der Waals surface area (Å²) >= 11 is 0. The normalized spacial score (nSPS) is 24.6. The summed E-state index contributed by atoms with van der Waals surface area (Å²) in [6.45, 7) is 10.8. The fourth-order valence-corrected chi connectivity index (χ4v) is 3.22. The summed E-state index contributed by atoms with van der Waals surface area (Å²) in [6, 6.07) is 0.157. The average molecular weight is 256 g/mol. The van der Waals surface area contributed by atoms with Gasteiger partial charge >= 0.3 is 5.97 Å². The van der Waals surface area contributed by atoms with Crippen molar-refractivity contribution in [3.05, 3.63) is 0 Å². The third-order valence-electron chi connectivity index (χ3n) is 3.52. The van der Waals surface area contributed by atoms with Gasteiger partial charge in [-0.1, -0.05) is 6.92 Å². The van der Waals surface area contributed by atoms with Crippen LogP contribution in [0, 0.1) is 0 Å². The van der Waals surface area contributed by atoms with Crippen molar-refractivity contribution >= 4 is 5.97 Å². The van der Waals surface area contributed by atoms with Crippen molar-refractivity contribution in [2.75, 3.05) is 7.11 Å². The van der Waals surface area contributed by atoms with Crippen molar-refractivity contribution in [3.8, 4) is 0 Å². The minimum Gasteiger partial charge on any atom is -0.468 e. The predicted molar refractivity (Wildman–Crippen MR) is 73.5 cm³/mol. The van der Waals surface area contributed by atoms with E-state index >= 15 is 0 Å². The number of methoxy groups -OCH3 is 1. The van der Waals surface area contributed by atoms with Crippen LogP contribution in [0.25, 0.3) is 0 Å². The van der Waals surface area contributed by atoms with E-state index in [2.05, 4.69) is 38.3 Å². The molecule has 0 aliphatic carbocycles. The van der Waals surface area contributed by atoms with E-state index in [9.17, 15) is 4.79 Å². The van der Waals surface area contributed by atoms with E-state index in [1.54, 1.807) is 0 Å². The zero-order chi connectivity index (χ0) is 14.0. The highest BCUT2D eigenvalue weighted by Crippen LogP contribution is 2.28. The smallest absolute Gasteiger partial charge is 0.322 e. The highest BCUT2D eigenvalue weighted by Gasteiger charge is 2.38. The zero-order valence-electron chi connectivity index (χ0n) is 12.6. The van der Waals surface area contributed by atoms with Crippen molar-refractivity contribution in [1.29, 1.82) is 0 Å². The Morgan fingerprint density at radius 1 is 1.33 bits per heavy atom. The van der Waals surface area contributed by atoms with Crippen LogP contribution in [0.1, 0.15) is 53.9 Å². The fourth-order valence-electron chi connectivity index (χ4n) is 3.22. The third-order valence-corrected chi connectivity index (χ3v) is 3.52. The lowest BCUT2D eigenvalue weighted by Gasteiger charge is -2.47. The molecule has 0 amide bonds. The van der Waals surface area contributed by atoms with Gasteiger partial charge in [0.15, 0.2) is 0 Å². The number of hydrogen-bond acceptors (Lipinski definition) is 4. The number of piperidine rings is 1. The van der Waals surface area contributed by atoms with Gasteiger partial charge in [-0.15, -0.1) is 0 Å². The van der Waals surface area contributed by atoms with E-state index in [0.29, 0.717) is 6.04 Å². The monoisotopic (exact) mass is 256 g/mol. The van der Waals surface area contributed by atoms with Gasteiger partial charge in [-0.25, -0.2) is 0 Å². The molecule has 1 aliphatic heterocycles. The maximum Gasteiger partial charge on any atom is 0.322 e. The molecular weight excluding hydrogens is 228 g/mol. The molecule has 4 heteroatoms. The van der Waals surface area contributed by atoms with Crippen LogP contribution in [0.15, 0.2) is 0 Å². The summed E-state index contributed by atoms with van der Waals surface area (Å²) in [6.07, 6.45) is 2.80. The van der Waals surface area contributed by atoms with E-state index < -0.39 is 0 Å². The summed E-state index contributed by atoms with van der Waals surface area (Å²) in [5.74, 6) is -0.161. The largest absolute Gasteiger partial charge is 0.468 e. The molecule has 2 N–H and O–H groups in total. The first kappa shape index (κ1) is 15.4. The molecule has 0 spiro atoms. The van der Waals surface area contributed by atoms with Crippen molar-refractivity contribution in [2.45, 2.75) is 77.0 Å². The van der Waals surface area contributed by atoms with Crippen molar-refractivity contribution in [3.63, 3.8) is 0 Å². The molecule has 18 heavy (non-hydrogen) atoms. The molecule has 0 radical (unpaired) electrons. The fraction of sp³-hybridized carbons (Fsp3) is 0.929. The third kappa shape index (κ3) is 4.25. The molecule has 4 nitrogen and oxygen atoms in total. The molecule has 0 saturated carbocycles. The molecule has 0 aromatic rings. The lowest BCUT2D eigenvalue weighted by atomic mass is 9.79. The van der Waals surface area contributed by atoms with Gasteiger partial charge in [0.05, 0.1) is 7.11 Å². The number of rotatable bonds is 4. The molecule has 1 heterocycles. The second-order valence-corrected chi connectivity index (χ2v) is 6.65. The summed E-state index contributed by atoms with van der Waals surface area (Å²) in [5, 5.41) is 7.09.